The Morgan fingerprint density at radius 2 is 1.86 bits per heavy atom. The smallest absolute Gasteiger partial charge is 0.346 e. The quantitative estimate of drug-likeness (QED) is 0.847. The number of ether oxygens (including phenoxy) is 1. The largest absolute Gasteiger partial charge is 0.497 e. The molecule has 2 aromatic rings. The molecule has 112 valence electrons. The Morgan fingerprint density at radius 1 is 1.19 bits per heavy atom. The lowest BCUT2D eigenvalue weighted by Crippen LogP contribution is -2.40. The highest BCUT2D eigenvalue weighted by molar-refractivity contribution is 5.31. The second kappa shape index (κ2) is 6.25. The summed E-state index contributed by atoms with van der Waals surface area (Å²) in [5, 5.41) is 6.89. The minimum absolute atomic E-state index is 0.174. The van der Waals surface area contributed by atoms with Gasteiger partial charge in [-0.1, -0.05) is 12.1 Å². The van der Waals surface area contributed by atoms with Gasteiger partial charge < -0.3 is 10.1 Å². The molecule has 0 amide bonds. The van der Waals surface area contributed by atoms with Crippen LogP contribution in [0, 0.1) is 0 Å². The number of nitrogens with one attached hydrogen (secondary N) is 1. The second-order valence-electron chi connectivity index (χ2n) is 4.64. The maximum atomic E-state index is 11.9. The summed E-state index contributed by atoms with van der Waals surface area (Å²) in [6, 6.07) is 7.71. The van der Waals surface area contributed by atoms with Crippen molar-refractivity contribution in [3.8, 4) is 5.75 Å². The highest BCUT2D eigenvalue weighted by Crippen LogP contribution is 2.11. The third-order valence-electron chi connectivity index (χ3n) is 3.19. The topological polar surface area (TPSA) is 78.2 Å². The third-order valence-corrected chi connectivity index (χ3v) is 3.19. The number of aryl methyl sites for hydroxylation is 1. The summed E-state index contributed by atoms with van der Waals surface area (Å²) in [6.07, 6.45) is 0.734. The highest BCUT2D eigenvalue weighted by Gasteiger charge is 2.07. The van der Waals surface area contributed by atoms with Crippen molar-refractivity contribution in [3.05, 3.63) is 50.7 Å². The summed E-state index contributed by atoms with van der Waals surface area (Å²) < 4.78 is 7.26. The first-order chi connectivity index (χ1) is 10.0. The minimum atomic E-state index is -0.444. The van der Waals surface area contributed by atoms with Crippen molar-refractivity contribution in [2.45, 2.75) is 6.42 Å². The van der Waals surface area contributed by atoms with Crippen molar-refractivity contribution in [3.63, 3.8) is 0 Å². The number of anilines is 1. The van der Waals surface area contributed by atoms with Crippen molar-refractivity contribution >= 4 is 5.82 Å². The Hall–Kier alpha value is -2.57. The first-order valence-electron chi connectivity index (χ1n) is 6.54. The molecule has 7 nitrogen and oxygen atoms in total. The summed E-state index contributed by atoms with van der Waals surface area (Å²) in [5.41, 5.74) is 0.249. The van der Waals surface area contributed by atoms with E-state index in [9.17, 15) is 9.59 Å². The van der Waals surface area contributed by atoms with Gasteiger partial charge in [0.05, 0.1) is 7.11 Å². The van der Waals surface area contributed by atoms with E-state index >= 15 is 0 Å². The summed E-state index contributed by atoms with van der Waals surface area (Å²) in [7, 11) is 4.56. The van der Waals surface area contributed by atoms with E-state index in [0.29, 0.717) is 6.54 Å². The molecule has 7 heteroatoms. The van der Waals surface area contributed by atoms with Crippen molar-refractivity contribution in [2.24, 2.45) is 14.1 Å². The molecule has 1 aromatic carbocycles. The van der Waals surface area contributed by atoms with E-state index in [1.165, 1.54) is 14.1 Å². The maximum absolute atomic E-state index is 11.9. The van der Waals surface area contributed by atoms with Gasteiger partial charge in [-0.2, -0.15) is 0 Å². The fourth-order valence-electron chi connectivity index (χ4n) is 1.93. The summed E-state index contributed by atoms with van der Waals surface area (Å²) >= 11 is 0. The van der Waals surface area contributed by atoms with E-state index in [-0.39, 0.29) is 5.82 Å². The number of hydrogen-bond acceptors (Lipinski definition) is 5. The lowest BCUT2D eigenvalue weighted by molar-refractivity contribution is 0.414. The Balaban J connectivity index is 2.03. The molecular formula is C14H18N4O3. The van der Waals surface area contributed by atoms with Gasteiger partial charge in [0.15, 0.2) is 0 Å². The Labute approximate surface area is 121 Å². The summed E-state index contributed by atoms with van der Waals surface area (Å²) in [6.45, 7) is 0.548. The molecule has 1 heterocycles. The minimum Gasteiger partial charge on any atom is -0.497 e. The molecule has 0 radical (unpaired) electrons. The average molecular weight is 290 g/mol. The normalized spacial score (nSPS) is 10.4. The van der Waals surface area contributed by atoms with Gasteiger partial charge in [0, 0.05) is 20.6 Å². The van der Waals surface area contributed by atoms with Crippen molar-refractivity contribution in [1.82, 2.24) is 14.3 Å². The third kappa shape index (κ3) is 3.31. The molecule has 0 bridgehead atoms. The van der Waals surface area contributed by atoms with Crippen LogP contribution in [-0.4, -0.2) is 28.0 Å². The first kappa shape index (κ1) is 14.8. The molecule has 2 rings (SSSR count). The zero-order chi connectivity index (χ0) is 15.4. The molecule has 0 saturated heterocycles. The number of benzene rings is 1. The Morgan fingerprint density at radius 3 is 2.48 bits per heavy atom. The van der Waals surface area contributed by atoms with Crippen LogP contribution < -0.4 is 21.3 Å². The molecule has 0 aliphatic carbocycles. The summed E-state index contributed by atoms with van der Waals surface area (Å²) in [4.78, 5) is 23.4. The Bertz CT molecular complexity index is 731. The first-order valence-corrected chi connectivity index (χ1v) is 6.54. The molecule has 0 fully saturated rings. The van der Waals surface area contributed by atoms with E-state index in [0.717, 1.165) is 27.0 Å². The van der Waals surface area contributed by atoms with Gasteiger partial charge in [0.1, 0.15) is 5.75 Å². The molecule has 21 heavy (non-hydrogen) atoms. The molecule has 0 saturated carbocycles. The number of hydrogen-bond donors (Lipinski definition) is 1. The SMILES string of the molecule is COc1ccc(CCNc2nn(C)c(=O)n(C)c2=O)cc1. The summed E-state index contributed by atoms with van der Waals surface area (Å²) in [5.74, 6) is 0.980. The van der Waals surface area contributed by atoms with Gasteiger partial charge >= 0.3 is 5.69 Å². The highest BCUT2D eigenvalue weighted by atomic mass is 16.5. The average Bonchev–Trinajstić information content (AvgIpc) is 2.51. The number of aromatic nitrogens is 3. The molecular weight excluding hydrogens is 272 g/mol. The lowest BCUT2D eigenvalue weighted by atomic mass is 10.1. The molecule has 0 aliphatic heterocycles. The van der Waals surface area contributed by atoms with Crippen LogP contribution in [0.1, 0.15) is 5.56 Å². The molecule has 1 aromatic heterocycles. The van der Waals surface area contributed by atoms with Gasteiger partial charge in [-0.15, -0.1) is 5.10 Å². The van der Waals surface area contributed by atoms with Gasteiger partial charge in [-0.3, -0.25) is 9.36 Å². The zero-order valence-electron chi connectivity index (χ0n) is 12.3. The van der Waals surface area contributed by atoms with E-state index in [2.05, 4.69) is 10.4 Å². The van der Waals surface area contributed by atoms with E-state index in [4.69, 9.17) is 4.74 Å². The maximum Gasteiger partial charge on any atom is 0.346 e. The molecule has 0 aliphatic rings. The fourth-order valence-corrected chi connectivity index (χ4v) is 1.93. The van der Waals surface area contributed by atoms with Crippen LogP contribution in [0.4, 0.5) is 5.82 Å². The van der Waals surface area contributed by atoms with Crippen LogP contribution >= 0.6 is 0 Å². The van der Waals surface area contributed by atoms with Crippen LogP contribution in [0.3, 0.4) is 0 Å². The van der Waals surface area contributed by atoms with Crippen molar-refractivity contribution in [1.29, 1.82) is 0 Å². The van der Waals surface area contributed by atoms with E-state index in [1.807, 2.05) is 24.3 Å². The van der Waals surface area contributed by atoms with Crippen LogP contribution in [0.5, 0.6) is 5.75 Å². The van der Waals surface area contributed by atoms with Crippen LogP contribution in [0.2, 0.25) is 0 Å². The van der Waals surface area contributed by atoms with Crippen LogP contribution in [0.25, 0.3) is 0 Å². The van der Waals surface area contributed by atoms with Crippen LogP contribution in [0.15, 0.2) is 33.9 Å². The number of nitrogens with zero attached hydrogens (tertiary/aromatic N) is 3. The van der Waals surface area contributed by atoms with Gasteiger partial charge in [0.25, 0.3) is 5.56 Å². The van der Waals surface area contributed by atoms with Crippen molar-refractivity contribution < 1.29 is 4.74 Å². The Kier molecular flexibility index (Phi) is 4.42. The fraction of sp³-hybridized carbons (Fsp3) is 0.357. The predicted octanol–water partition coefficient (Wildman–Crippen LogP) is 0.142. The van der Waals surface area contributed by atoms with Crippen LogP contribution in [-0.2, 0) is 20.5 Å². The lowest BCUT2D eigenvalue weighted by Gasteiger charge is -2.08. The van der Waals surface area contributed by atoms with E-state index in [1.54, 1.807) is 7.11 Å². The standard InChI is InChI=1S/C14H18N4O3/c1-17-13(19)12(16-18(2)14(17)20)15-9-8-10-4-6-11(21-3)7-5-10/h4-7H,8-9H2,1-3H3,(H,15,16). The second-order valence-corrected chi connectivity index (χ2v) is 4.64. The number of methoxy groups -OCH3 is 1. The molecule has 0 spiro atoms. The van der Waals surface area contributed by atoms with Gasteiger partial charge in [0.2, 0.25) is 5.82 Å². The van der Waals surface area contributed by atoms with E-state index < -0.39 is 11.2 Å². The molecule has 1 N–H and O–H groups in total. The molecule has 0 atom stereocenters. The predicted molar refractivity (Wildman–Crippen MR) is 79.9 cm³/mol. The number of rotatable bonds is 5. The molecule has 0 unspecified atom stereocenters. The zero-order valence-corrected chi connectivity index (χ0v) is 12.3. The monoisotopic (exact) mass is 290 g/mol. The van der Waals surface area contributed by atoms with Gasteiger partial charge in [-0.05, 0) is 24.1 Å². The van der Waals surface area contributed by atoms with Crippen molar-refractivity contribution in [2.75, 3.05) is 19.0 Å². The van der Waals surface area contributed by atoms with Gasteiger partial charge in [-0.25, -0.2) is 9.48 Å².